The molecule has 1 amide bonds. The lowest BCUT2D eigenvalue weighted by atomic mass is 9.82. The van der Waals surface area contributed by atoms with Crippen LogP contribution in [0.2, 0.25) is 0 Å². The Morgan fingerprint density at radius 2 is 1.92 bits per heavy atom. The first-order valence-electron chi connectivity index (χ1n) is 8.48. The summed E-state index contributed by atoms with van der Waals surface area (Å²) in [6.07, 6.45) is 5.27. The number of thiophene rings is 1. The topological polar surface area (TPSA) is 92.7 Å². The van der Waals surface area contributed by atoms with Gasteiger partial charge in [0.05, 0.1) is 24.0 Å². The number of nitrogens with one attached hydrogen (secondary N) is 1. The highest BCUT2D eigenvalue weighted by Gasteiger charge is 2.51. The third kappa shape index (κ3) is 3.20. The zero-order chi connectivity index (χ0) is 18.1. The number of carboxylic acids is 1. The number of hydrogen-bond acceptors (Lipinski definition) is 5. The molecule has 7 heteroatoms. The molecule has 6 nitrogen and oxygen atoms in total. The molecule has 0 unspecified atom stereocenters. The number of allylic oxidation sites excluding steroid dienone is 2. The second-order valence-electron chi connectivity index (χ2n) is 6.36. The highest BCUT2D eigenvalue weighted by atomic mass is 32.1. The summed E-state index contributed by atoms with van der Waals surface area (Å²) < 4.78 is 5.05. The van der Waals surface area contributed by atoms with E-state index >= 15 is 0 Å². The minimum atomic E-state index is -0.942. The molecule has 0 saturated heterocycles. The molecule has 1 aromatic heterocycles. The number of anilines is 1. The highest BCUT2D eigenvalue weighted by molar-refractivity contribution is 7.16. The van der Waals surface area contributed by atoms with Crippen molar-refractivity contribution >= 4 is 34.2 Å². The van der Waals surface area contributed by atoms with Crippen LogP contribution in [0.15, 0.2) is 18.2 Å². The van der Waals surface area contributed by atoms with E-state index in [0.29, 0.717) is 17.0 Å². The van der Waals surface area contributed by atoms with Crippen LogP contribution in [0, 0.1) is 23.7 Å². The Labute approximate surface area is 149 Å². The minimum Gasteiger partial charge on any atom is -0.481 e. The molecule has 2 aliphatic rings. The number of fused-ring (bicyclic) bond motifs is 2. The summed E-state index contributed by atoms with van der Waals surface area (Å²) in [7, 11) is 0. The quantitative estimate of drug-likeness (QED) is 0.599. The normalized spacial score (nSPS) is 26.6. The standard InChI is InChI=1S/C18H21NO5S/c1-3-11-8-12(18(23)24-4-2)16(25-11)19-15(20)13-9-5-6-10(7-9)14(13)17(21)22/h5-6,8-10,13-14H,3-4,7H2,1-2H3,(H,19,20)(H,21,22)/t9-,10-,13-,14-/m0/s1. The molecule has 25 heavy (non-hydrogen) atoms. The first-order chi connectivity index (χ1) is 12.0. The van der Waals surface area contributed by atoms with Gasteiger partial charge in [-0.05, 0) is 37.7 Å². The van der Waals surface area contributed by atoms with Crippen LogP contribution in [0.25, 0.3) is 0 Å². The maximum Gasteiger partial charge on any atom is 0.341 e. The van der Waals surface area contributed by atoms with E-state index < -0.39 is 23.8 Å². The average molecular weight is 363 g/mol. The van der Waals surface area contributed by atoms with Crippen LogP contribution in [0.4, 0.5) is 5.00 Å². The molecule has 2 aliphatic carbocycles. The van der Waals surface area contributed by atoms with Crippen LogP contribution in [0.3, 0.4) is 0 Å². The molecule has 1 aromatic rings. The summed E-state index contributed by atoms with van der Waals surface area (Å²) in [6.45, 7) is 3.94. The van der Waals surface area contributed by atoms with Gasteiger partial charge in [0.2, 0.25) is 5.91 Å². The van der Waals surface area contributed by atoms with Crippen molar-refractivity contribution in [2.45, 2.75) is 26.7 Å². The summed E-state index contributed by atoms with van der Waals surface area (Å²) in [4.78, 5) is 37.5. The van der Waals surface area contributed by atoms with Gasteiger partial charge >= 0.3 is 11.9 Å². The van der Waals surface area contributed by atoms with Crippen molar-refractivity contribution in [3.63, 3.8) is 0 Å². The molecule has 2 bridgehead atoms. The number of ether oxygens (including phenoxy) is 1. The molecule has 0 spiro atoms. The van der Waals surface area contributed by atoms with Gasteiger partial charge in [0.1, 0.15) is 5.00 Å². The molecule has 1 fully saturated rings. The fourth-order valence-corrected chi connectivity index (χ4v) is 4.77. The van der Waals surface area contributed by atoms with Gasteiger partial charge in [-0.2, -0.15) is 0 Å². The van der Waals surface area contributed by atoms with Crippen molar-refractivity contribution in [2.24, 2.45) is 23.7 Å². The number of aryl methyl sites for hydroxylation is 1. The van der Waals surface area contributed by atoms with E-state index in [1.807, 2.05) is 19.1 Å². The predicted molar refractivity (Wildman–Crippen MR) is 93.6 cm³/mol. The summed E-state index contributed by atoms with van der Waals surface area (Å²) in [5, 5.41) is 12.7. The number of carbonyl (C=O) groups is 3. The van der Waals surface area contributed by atoms with E-state index in [-0.39, 0.29) is 24.3 Å². The SMILES string of the molecule is CCOC(=O)c1cc(CC)sc1NC(=O)[C@@H]1[C@@H](C(=O)O)[C@H]2C=C[C@H]1C2. The Morgan fingerprint density at radius 3 is 2.52 bits per heavy atom. The highest BCUT2D eigenvalue weighted by Crippen LogP contribution is 2.48. The van der Waals surface area contributed by atoms with E-state index in [2.05, 4.69) is 5.32 Å². The van der Waals surface area contributed by atoms with Crippen LogP contribution in [-0.4, -0.2) is 29.6 Å². The largest absolute Gasteiger partial charge is 0.481 e. The Hall–Kier alpha value is -2.15. The Kier molecular flexibility index (Phi) is 4.94. The van der Waals surface area contributed by atoms with Gasteiger partial charge < -0.3 is 15.2 Å². The fourth-order valence-electron chi connectivity index (χ4n) is 3.78. The van der Waals surface area contributed by atoms with Crippen molar-refractivity contribution in [1.82, 2.24) is 0 Å². The van der Waals surface area contributed by atoms with Crippen LogP contribution >= 0.6 is 11.3 Å². The van der Waals surface area contributed by atoms with Crippen LogP contribution in [0.5, 0.6) is 0 Å². The van der Waals surface area contributed by atoms with Crippen molar-refractivity contribution in [1.29, 1.82) is 0 Å². The van der Waals surface area contributed by atoms with Crippen molar-refractivity contribution in [3.8, 4) is 0 Å². The Balaban J connectivity index is 1.83. The minimum absolute atomic E-state index is 0.0530. The van der Waals surface area contributed by atoms with Gasteiger partial charge in [-0.3, -0.25) is 9.59 Å². The first-order valence-corrected chi connectivity index (χ1v) is 9.29. The maximum absolute atomic E-state index is 12.8. The first kappa shape index (κ1) is 17.7. The Bertz CT molecular complexity index is 738. The molecule has 0 radical (unpaired) electrons. The molecule has 0 aliphatic heterocycles. The van der Waals surface area contributed by atoms with E-state index in [0.717, 1.165) is 11.3 Å². The van der Waals surface area contributed by atoms with E-state index in [1.165, 1.54) is 11.3 Å². The molecular formula is C18H21NO5S. The van der Waals surface area contributed by atoms with Crippen molar-refractivity contribution < 1.29 is 24.2 Å². The summed E-state index contributed by atoms with van der Waals surface area (Å²) in [5.41, 5.74) is 0.336. The fraction of sp³-hybridized carbons (Fsp3) is 0.500. The zero-order valence-electron chi connectivity index (χ0n) is 14.2. The monoisotopic (exact) mass is 363 g/mol. The van der Waals surface area contributed by atoms with Crippen LogP contribution in [-0.2, 0) is 20.7 Å². The maximum atomic E-state index is 12.8. The number of carboxylic acid groups (broad SMARTS) is 1. The molecule has 2 N–H and O–H groups in total. The van der Waals surface area contributed by atoms with E-state index in [9.17, 15) is 19.5 Å². The number of aliphatic carboxylic acids is 1. The van der Waals surface area contributed by atoms with Gasteiger partial charge in [0.25, 0.3) is 0 Å². The van der Waals surface area contributed by atoms with Crippen molar-refractivity contribution in [2.75, 3.05) is 11.9 Å². The Morgan fingerprint density at radius 1 is 1.24 bits per heavy atom. The number of rotatable bonds is 6. The summed E-state index contributed by atoms with van der Waals surface area (Å²) >= 11 is 1.33. The molecule has 4 atom stereocenters. The van der Waals surface area contributed by atoms with Gasteiger partial charge in [0.15, 0.2) is 0 Å². The lowest BCUT2D eigenvalue weighted by Crippen LogP contribution is -2.36. The zero-order valence-corrected chi connectivity index (χ0v) is 15.0. The van der Waals surface area contributed by atoms with Gasteiger partial charge in [-0.25, -0.2) is 4.79 Å². The lowest BCUT2D eigenvalue weighted by Gasteiger charge is -2.23. The molecule has 1 saturated carbocycles. The lowest BCUT2D eigenvalue weighted by molar-refractivity contribution is -0.146. The molecule has 1 heterocycles. The summed E-state index contributed by atoms with van der Waals surface area (Å²) in [6, 6.07) is 1.73. The molecular weight excluding hydrogens is 342 g/mol. The number of hydrogen-bond donors (Lipinski definition) is 2. The summed E-state index contributed by atoms with van der Waals surface area (Å²) in [5.74, 6) is -3.19. The number of carbonyl (C=O) groups excluding carboxylic acids is 2. The smallest absolute Gasteiger partial charge is 0.341 e. The third-order valence-corrected chi connectivity index (χ3v) is 6.11. The third-order valence-electron chi connectivity index (χ3n) is 4.91. The molecule has 3 rings (SSSR count). The van der Waals surface area contributed by atoms with Gasteiger partial charge in [-0.1, -0.05) is 19.1 Å². The van der Waals surface area contributed by atoms with Crippen molar-refractivity contribution in [3.05, 3.63) is 28.7 Å². The van der Waals surface area contributed by atoms with E-state index in [1.54, 1.807) is 13.0 Å². The van der Waals surface area contributed by atoms with Crippen LogP contribution < -0.4 is 5.32 Å². The number of esters is 1. The van der Waals surface area contributed by atoms with Gasteiger partial charge in [0, 0.05) is 4.88 Å². The number of amides is 1. The second-order valence-corrected chi connectivity index (χ2v) is 7.49. The van der Waals surface area contributed by atoms with E-state index in [4.69, 9.17) is 4.74 Å². The molecule has 0 aromatic carbocycles. The average Bonchev–Trinajstić information content (AvgIpc) is 3.28. The van der Waals surface area contributed by atoms with Gasteiger partial charge in [-0.15, -0.1) is 11.3 Å². The predicted octanol–water partition coefficient (Wildman–Crippen LogP) is 2.95. The second kappa shape index (κ2) is 7.00. The van der Waals surface area contributed by atoms with Crippen LogP contribution in [0.1, 0.15) is 35.5 Å². The molecule has 134 valence electrons.